The number of nitrogens with one attached hydrogen (secondary N) is 1. The molecule has 1 aromatic carbocycles. The molecule has 3 aromatic rings. The summed E-state index contributed by atoms with van der Waals surface area (Å²) in [5, 5.41) is 1.81. The lowest BCUT2D eigenvalue weighted by Gasteiger charge is -2.16. The monoisotopic (exact) mass is 321 g/mol. The third-order valence-corrected chi connectivity index (χ3v) is 4.14. The van der Waals surface area contributed by atoms with Crippen molar-refractivity contribution < 1.29 is 8.78 Å². The molecule has 3 rings (SSSR count). The largest absolute Gasteiger partial charge is 0.308 e. The number of hydrogen-bond donors (Lipinski definition) is 1. The number of aromatic nitrogens is 2. The number of fused-ring (bicyclic) bond motifs is 1. The summed E-state index contributed by atoms with van der Waals surface area (Å²) in [6, 6.07) is 5.29. The van der Waals surface area contributed by atoms with Gasteiger partial charge in [0, 0.05) is 18.2 Å². The standard InChI is InChI=1S/C15H13F2N3OS/c1-20(7-9-2-3-10(16)6-11(9)17)8-13-18-12-4-5-22-14(12)15(21)19-13/h2-6H,7-8H2,1H3,(H,18,19,21). The van der Waals surface area contributed by atoms with Gasteiger partial charge in [0.25, 0.3) is 5.56 Å². The SMILES string of the molecule is CN(Cc1nc2ccsc2c(=O)[nH]1)Cc1ccc(F)cc1F. The molecule has 0 atom stereocenters. The lowest BCUT2D eigenvalue weighted by molar-refractivity contribution is 0.305. The summed E-state index contributed by atoms with van der Waals surface area (Å²) >= 11 is 1.34. The number of benzene rings is 1. The van der Waals surface area contributed by atoms with Gasteiger partial charge in [-0.05, 0) is 24.6 Å². The van der Waals surface area contributed by atoms with Crippen LogP contribution in [0, 0.1) is 11.6 Å². The first-order valence-corrected chi connectivity index (χ1v) is 7.50. The molecule has 2 aromatic heterocycles. The number of thiophene rings is 1. The molecule has 0 amide bonds. The second kappa shape index (κ2) is 5.94. The van der Waals surface area contributed by atoms with Gasteiger partial charge in [-0.3, -0.25) is 9.69 Å². The topological polar surface area (TPSA) is 49.0 Å². The average molecular weight is 321 g/mol. The van der Waals surface area contributed by atoms with Crippen molar-refractivity contribution in [1.29, 1.82) is 0 Å². The van der Waals surface area contributed by atoms with E-state index in [0.29, 0.717) is 28.1 Å². The van der Waals surface area contributed by atoms with Crippen LogP contribution in [-0.4, -0.2) is 21.9 Å². The molecule has 0 unspecified atom stereocenters. The van der Waals surface area contributed by atoms with Gasteiger partial charge in [0.1, 0.15) is 22.2 Å². The van der Waals surface area contributed by atoms with Gasteiger partial charge in [0.2, 0.25) is 0 Å². The normalized spacial score (nSPS) is 11.5. The average Bonchev–Trinajstić information content (AvgIpc) is 2.91. The van der Waals surface area contributed by atoms with E-state index in [9.17, 15) is 13.6 Å². The second-order valence-electron chi connectivity index (χ2n) is 5.06. The maximum atomic E-state index is 13.6. The first-order chi connectivity index (χ1) is 10.5. The Balaban J connectivity index is 1.77. The molecule has 22 heavy (non-hydrogen) atoms. The molecule has 0 saturated carbocycles. The second-order valence-corrected chi connectivity index (χ2v) is 5.97. The molecular formula is C15H13F2N3OS. The lowest BCUT2D eigenvalue weighted by Crippen LogP contribution is -2.22. The van der Waals surface area contributed by atoms with E-state index in [1.807, 2.05) is 5.38 Å². The highest BCUT2D eigenvalue weighted by Gasteiger charge is 2.10. The van der Waals surface area contributed by atoms with Crippen LogP contribution in [0.25, 0.3) is 10.2 Å². The van der Waals surface area contributed by atoms with Gasteiger partial charge in [-0.25, -0.2) is 13.8 Å². The Morgan fingerprint density at radius 2 is 2.09 bits per heavy atom. The number of rotatable bonds is 4. The summed E-state index contributed by atoms with van der Waals surface area (Å²) in [5.41, 5.74) is 0.879. The van der Waals surface area contributed by atoms with E-state index in [2.05, 4.69) is 9.97 Å². The molecule has 0 bridgehead atoms. The molecule has 0 spiro atoms. The van der Waals surface area contributed by atoms with Crippen molar-refractivity contribution in [3.05, 3.63) is 63.0 Å². The Morgan fingerprint density at radius 1 is 1.27 bits per heavy atom. The van der Waals surface area contributed by atoms with Gasteiger partial charge in [0.05, 0.1) is 12.1 Å². The van der Waals surface area contributed by atoms with Crippen molar-refractivity contribution in [2.45, 2.75) is 13.1 Å². The molecule has 2 heterocycles. The number of H-pyrrole nitrogens is 1. The number of aromatic amines is 1. The van der Waals surface area contributed by atoms with Crippen molar-refractivity contribution in [2.24, 2.45) is 0 Å². The van der Waals surface area contributed by atoms with Gasteiger partial charge in [-0.2, -0.15) is 0 Å². The Morgan fingerprint density at radius 3 is 2.86 bits per heavy atom. The van der Waals surface area contributed by atoms with Crippen LogP contribution in [0.3, 0.4) is 0 Å². The van der Waals surface area contributed by atoms with Crippen LogP contribution in [0.1, 0.15) is 11.4 Å². The summed E-state index contributed by atoms with van der Waals surface area (Å²) in [6.07, 6.45) is 0. The van der Waals surface area contributed by atoms with E-state index >= 15 is 0 Å². The molecule has 4 nitrogen and oxygen atoms in total. The first-order valence-electron chi connectivity index (χ1n) is 6.62. The predicted molar refractivity (Wildman–Crippen MR) is 81.8 cm³/mol. The highest BCUT2D eigenvalue weighted by atomic mass is 32.1. The zero-order chi connectivity index (χ0) is 15.7. The molecule has 0 saturated heterocycles. The quantitative estimate of drug-likeness (QED) is 0.804. The Kier molecular flexibility index (Phi) is 4.00. The Labute approximate surface area is 129 Å². The van der Waals surface area contributed by atoms with Crippen LogP contribution in [0.5, 0.6) is 0 Å². The molecule has 0 fully saturated rings. The fourth-order valence-corrected chi connectivity index (χ4v) is 2.97. The van der Waals surface area contributed by atoms with Gasteiger partial charge < -0.3 is 4.98 Å². The third kappa shape index (κ3) is 3.05. The summed E-state index contributed by atoms with van der Waals surface area (Å²) < 4.78 is 27.1. The van der Waals surface area contributed by atoms with Crippen LogP contribution in [-0.2, 0) is 13.1 Å². The number of halogens is 2. The van der Waals surface area contributed by atoms with Crippen LogP contribution in [0.2, 0.25) is 0 Å². The van der Waals surface area contributed by atoms with E-state index in [1.165, 1.54) is 23.5 Å². The fraction of sp³-hybridized carbons (Fsp3) is 0.200. The maximum absolute atomic E-state index is 13.6. The van der Waals surface area contributed by atoms with Crippen LogP contribution in [0.15, 0.2) is 34.4 Å². The van der Waals surface area contributed by atoms with Gasteiger partial charge in [0.15, 0.2) is 0 Å². The molecule has 0 radical (unpaired) electrons. The number of nitrogens with zero attached hydrogens (tertiary/aromatic N) is 2. The molecule has 7 heteroatoms. The van der Waals surface area contributed by atoms with Crippen LogP contribution < -0.4 is 5.56 Å². The van der Waals surface area contributed by atoms with Crippen LogP contribution >= 0.6 is 11.3 Å². The summed E-state index contributed by atoms with van der Waals surface area (Å²) in [5.74, 6) is -0.666. The highest BCUT2D eigenvalue weighted by molar-refractivity contribution is 7.17. The molecule has 0 aliphatic carbocycles. The highest BCUT2D eigenvalue weighted by Crippen LogP contribution is 2.15. The Hall–Kier alpha value is -2.12. The van der Waals surface area contributed by atoms with E-state index in [0.717, 1.165) is 6.07 Å². The molecular weight excluding hydrogens is 308 g/mol. The fourth-order valence-electron chi connectivity index (χ4n) is 2.25. The minimum absolute atomic E-state index is 0.170. The van der Waals surface area contributed by atoms with Gasteiger partial charge >= 0.3 is 0 Å². The summed E-state index contributed by atoms with van der Waals surface area (Å²) in [7, 11) is 1.78. The minimum Gasteiger partial charge on any atom is -0.308 e. The zero-order valence-corrected chi connectivity index (χ0v) is 12.6. The van der Waals surface area contributed by atoms with E-state index in [1.54, 1.807) is 18.0 Å². The first kappa shape index (κ1) is 14.8. The van der Waals surface area contributed by atoms with Gasteiger partial charge in [-0.15, -0.1) is 11.3 Å². The summed E-state index contributed by atoms with van der Waals surface area (Å²) in [6.45, 7) is 0.648. The van der Waals surface area contributed by atoms with Crippen molar-refractivity contribution in [3.63, 3.8) is 0 Å². The molecule has 0 aliphatic heterocycles. The molecule has 114 valence electrons. The van der Waals surface area contributed by atoms with Crippen molar-refractivity contribution in [1.82, 2.24) is 14.9 Å². The molecule has 0 aliphatic rings. The van der Waals surface area contributed by atoms with Crippen LogP contribution in [0.4, 0.5) is 8.78 Å². The van der Waals surface area contributed by atoms with E-state index in [4.69, 9.17) is 0 Å². The number of hydrogen-bond acceptors (Lipinski definition) is 4. The van der Waals surface area contributed by atoms with Crippen molar-refractivity contribution in [2.75, 3.05) is 7.05 Å². The van der Waals surface area contributed by atoms with E-state index < -0.39 is 11.6 Å². The molecule has 1 N–H and O–H groups in total. The minimum atomic E-state index is -0.599. The Bertz CT molecular complexity index is 875. The third-order valence-electron chi connectivity index (χ3n) is 3.24. The zero-order valence-electron chi connectivity index (χ0n) is 11.8. The van der Waals surface area contributed by atoms with E-state index in [-0.39, 0.29) is 12.1 Å². The maximum Gasteiger partial charge on any atom is 0.268 e. The summed E-state index contributed by atoms with van der Waals surface area (Å²) in [4.78, 5) is 20.8. The van der Waals surface area contributed by atoms with Crippen molar-refractivity contribution in [3.8, 4) is 0 Å². The predicted octanol–water partition coefficient (Wildman–Crippen LogP) is 2.89. The smallest absolute Gasteiger partial charge is 0.268 e. The van der Waals surface area contributed by atoms with Gasteiger partial charge in [-0.1, -0.05) is 6.07 Å². The van der Waals surface area contributed by atoms with Crippen molar-refractivity contribution >= 4 is 21.6 Å². The lowest BCUT2D eigenvalue weighted by atomic mass is 10.2.